The van der Waals surface area contributed by atoms with Crippen LogP contribution in [0.25, 0.3) is 0 Å². The van der Waals surface area contributed by atoms with E-state index in [1.54, 1.807) is 0 Å². The highest BCUT2D eigenvalue weighted by molar-refractivity contribution is 5.26. The van der Waals surface area contributed by atoms with Crippen molar-refractivity contribution in [2.45, 2.75) is 26.2 Å². The van der Waals surface area contributed by atoms with Gasteiger partial charge in [0.2, 0.25) is 5.89 Å². The van der Waals surface area contributed by atoms with Gasteiger partial charge in [-0.2, -0.15) is 4.98 Å². The zero-order valence-corrected chi connectivity index (χ0v) is 8.53. The van der Waals surface area contributed by atoms with Gasteiger partial charge in [0.25, 0.3) is 5.95 Å². The Bertz CT molecular complexity index is 316. The lowest BCUT2D eigenvalue weighted by Crippen LogP contribution is -2.10. The predicted octanol–water partition coefficient (Wildman–Crippen LogP) is 1.65. The van der Waals surface area contributed by atoms with Crippen LogP contribution in [0.2, 0.25) is 0 Å². The maximum atomic E-state index is 5.18. The van der Waals surface area contributed by atoms with Crippen molar-refractivity contribution < 1.29 is 4.52 Å². The molecule has 0 saturated heterocycles. The third-order valence-electron chi connectivity index (χ3n) is 2.64. The largest absolute Gasteiger partial charge is 0.344 e. The molecule has 1 unspecified atom stereocenters. The summed E-state index contributed by atoms with van der Waals surface area (Å²) in [7, 11) is 3.82. The molecule has 2 rings (SSSR count). The summed E-state index contributed by atoms with van der Waals surface area (Å²) in [4.78, 5) is 6.17. The third-order valence-corrected chi connectivity index (χ3v) is 2.64. The normalized spacial score (nSPS) is 24.5. The van der Waals surface area contributed by atoms with Crippen LogP contribution in [0.1, 0.15) is 32.1 Å². The number of nitrogens with zero attached hydrogens (tertiary/aromatic N) is 3. The second kappa shape index (κ2) is 2.47. The average Bonchev–Trinajstić information content (AvgIpc) is 2.50. The molecule has 1 aromatic rings. The molecule has 1 atom stereocenters. The molecule has 0 radical (unpaired) electrons. The number of anilines is 1. The molecule has 0 spiro atoms. The summed E-state index contributed by atoms with van der Waals surface area (Å²) in [6.07, 6.45) is 1.15. The molecule has 72 valence electrons. The maximum Gasteiger partial charge on any atom is 0.265 e. The average molecular weight is 181 g/mol. The van der Waals surface area contributed by atoms with Crippen molar-refractivity contribution in [3.05, 3.63) is 5.89 Å². The molecule has 1 aromatic heterocycles. The lowest BCUT2D eigenvalue weighted by molar-refractivity contribution is 0.367. The minimum Gasteiger partial charge on any atom is -0.344 e. The molecule has 0 aromatic carbocycles. The number of aromatic nitrogens is 2. The first kappa shape index (κ1) is 8.53. The summed E-state index contributed by atoms with van der Waals surface area (Å²) >= 11 is 0. The summed E-state index contributed by atoms with van der Waals surface area (Å²) in [6.45, 7) is 4.44. The van der Waals surface area contributed by atoms with E-state index in [2.05, 4.69) is 24.0 Å². The first-order chi connectivity index (χ1) is 6.00. The molecule has 0 bridgehead atoms. The van der Waals surface area contributed by atoms with E-state index in [9.17, 15) is 0 Å². The number of hydrogen-bond acceptors (Lipinski definition) is 4. The van der Waals surface area contributed by atoms with E-state index in [-0.39, 0.29) is 0 Å². The van der Waals surface area contributed by atoms with Crippen molar-refractivity contribution in [1.29, 1.82) is 0 Å². The van der Waals surface area contributed by atoms with Crippen molar-refractivity contribution in [1.82, 2.24) is 10.1 Å². The lowest BCUT2D eigenvalue weighted by Gasteiger charge is -2.02. The van der Waals surface area contributed by atoms with Gasteiger partial charge in [-0.25, -0.2) is 0 Å². The molecular formula is C9H15N3O. The van der Waals surface area contributed by atoms with Crippen LogP contribution < -0.4 is 4.90 Å². The van der Waals surface area contributed by atoms with Crippen molar-refractivity contribution >= 4 is 5.95 Å². The van der Waals surface area contributed by atoms with Crippen LogP contribution in [0.5, 0.6) is 0 Å². The molecule has 1 aliphatic carbocycles. The van der Waals surface area contributed by atoms with E-state index in [0.717, 1.165) is 12.3 Å². The second-order valence-corrected chi connectivity index (χ2v) is 4.57. The van der Waals surface area contributed by atoms with Gasteiger partial charge < -0.3 is 9.42 Å². The van der Waals surface area contributed by atoms with Crippen LogP contribution in [0, 0.1) is 5.41 Å². The van der Waals surface area contributed by atoms with E-state index in [0.29, 0.717) is 17.3 Å². The Balaban J connectivity index is 2.16. The Kier molecular flexibility index (Phi) is 1.62. The van der Waals surface area contributed by atoms with Crippen molar-refractivity contribution in [2.24, 2.45) is 5.41 Å². The Hall–Kier alpha value is -1.06. The number of hydrogen-bond donors (Lipinski definition) is 0. The first-order valence-electron chi connectivity index (χ1n) is 4.51. The van der Waals surface area contributed by atoms with E-state index >= 15 is 0 Å². The highest BCUT2D eigenvalue weighted by Gasteiger charge is 2.50. The van der Waals surface area contributed by atoms with Gasteiger partial charge in [0, 0.05) is 20.0 Å². The molecule has 1 fully saturated rings. The van der Waals surface area contributed by atoms with Crippen LogP contribution in [-0.2, 0) is 0 Å². The summed E-state index contributed by atoms with van der Waals surface area (Å²) < 4.78 is 5.18. The third kappa shape index (κ3) is 1.41. The van der Waals surface area contributed by atoms with E-state index < -0.39 is 0 Å². The molecule has 0 aliphatic heterocycles. The SMILES string of the molecule is CN(C)c1noc(C2CC2(C)C)n1. The molecule has 4 nitrogen and oxygen atoms in total. The van der Waals surface area contributed by atoms with Gasteiger partial charge >= 0.3 is 0 Å². The van der Waals surface area contributed by atoms with Crippen molar-refractivity contribution in [3.8, 4) is 0 Å². The lowest BCUT2D eigenvalue weighted by atomic mass is 10.1. The van der Waals surface area contributed by atoms with Crippen molar-refractivity contribution in [3.63, 3.8) is 0 Å². The minimum absolute atomic E-state index is 0.357. The Morgan fingerprint density at radius 3 is 2.46 bits per heavy atom. The highest BCUT2D eigenvalue weighted by Crippen LogP contribution is 2.58. The topological polar surface area (TPSA) is 42.2 Å². The maximum absolute atomic E-state index is 5.18. The second-order valence-electron chi connectivity index (χ2n) is 4.57. The molecule has 1 saturated carbocycles. The summed E-state index contributed by atoms with van der Waals surface area (Å²) in [6, 6.07) is 0. The van der Waals surface area contributed by atoms with Gasteiger partial charge in [-0.3, -0.25) is 0 Å². The Labute approximate surface area is 77.9 Å². The number of rotatable bonds is 2. The Morgan fingerprint density at radius 2 is 2.08 bits per heavy atom. The van der Waals surface area contributed by atoms with E-state index in [1.165, 1.54) is 0 Å². The van der Waals surface area contributed by atoms with Crippen molar-refractivity contribution in [2.75, 3.05) is 19.0 Å². The van der Waals surface area contributed by atoms with E-state index in [1.807, 2.05) is 19.0 Å². The van der Waals surface area contributed by atoms with Crippen LogP contribution in [0.15, 0.2) is 4.52 Å². The van der Waals surface area contributed by atoms with Crippen LogP contribution in [-0.4, -0.2) is 24.2 Å². The molecule has 13 heavy (non-hydrogen) atoms. The zero-order valence-electron chi connectivity index (χ0n) is 8.53. The van der Waals surface area contributed by atoms with Gasteiger partial charge in [-0.15, -0.1) is 0 Å². The van der Waals surface area contributed by atoms with Gasteiger partial charge in [-0.05, 0) is 17.0 Å². The molecule has 0 N–H and O–H groups in total. The van der Waals surface area contributed by atoms with Gasteiger partial charge in [0.05, 0.1) is 0 Å². The van der Waals surface area contributed by atoms with Crippen LogP contribution >= 0.6 is 0 Å². The molecule has 1 heterocycles. The van der Waals surface area contributed by atoms with Crippen LogP contribution in [0.4, 0.5) is 5.95 Å². The van der Waals surface area contributed by atoms with Gasteiger partial charge in [0.15, 0.2) is 0 Å². The van der Waals surface area contributed by atoms with Gasteiger partial charge in [0.1, 0.15) is 0 Å². The molecule has 0 amide bonds. The molecule has 4 heteroatoms. The first-order valence-corrected chi connectivity index (χ1v) is 4.51. The summed E-state index contributed by atoms with van der Waals surface area (Å²) in [5.41, 5.74) is 0.357. The molecular weight excluding hydrogens is 166 g/mol. The quantitative estimate of drug-likeness (QED) is 0.695. The Morgan fingerprint density at radius 1 is 1.46 bits per heavy atom. The highest BCUT2D eigenvalue weighted by atomic mass is 16.5. The fraction of sp³-hybridized carbons (Fsp3) is 0.778. The standard InChI is InChI=1S/C9H15N3O/c1-9(2)5-6(9)7-10-8(11-13-7)12(3)4/h6H,5H2,1-4H3. The van der Waals surface area contributed by atoms with Gasteiger partial charge in [-0.1, -0.05) is 13.8 Å². The summed E-state index contributed by atoms with van der Waals surface area (Å²) in [5.74, 6) is 1.92. The van der Waals surface area contributed by atoms with Crippen LogP contribution in [0.3, 0.4) is 0 Å². The summed E-state index contributed by atoms with van der Waals surface area (Å²) in [5, 5.41) is 3.88. The fourth-order valence-electron chi connectivity index (χ4n) is 1.44. The fourth-order valence-corrected chi connectivity index (χ4v) is 1.44. The smallest absolute Gasteiger partial charge is 0.265 e. The monoisotopic (exact) mass is 181 g/mol. The zero-order chi connectivity index (χ0) is 9.64. The minimum atomic E-state index is 0.357. The van der Waals surface area contributed by atoms with E-state index in [4.69, 9.17) is 4.52 Å². The predicted molar refractivity (Wildman–Crippen MR) is 49.8 cm³/mol. The molecule has 1 aliphatic rings.